The van der Waals surface area contributed by atoms with Gasteiger partial charge in [-0.05, 0) is 38.0 Å². The van der Waals surface area contributed by atoms with Gasteiger partial charge in [-0.25, -0.2) is 4.98 Å². The lowest BCUT2D eigenvalue weighted by molar-refractivity contribution is 0.891. The Morgan fingerprint density at radius 2 is 2.00 bits per heavy atom. The van der Waals surface area contributed by atoms with Crippen molar-refractivity contribution < 1.29 is 0 Å². The van der Waals surface area contributed by atoms with Crippen LogP contribution in [0.25, 0.3) is 0 Å². The third-order valence-corrected chi connectivity index (χ3v) is 3.50. The van der Waals surface area contributed by atoms with Gasteiger partial charge in [-0.2, -0.15) is 10.2 Å². The van der Waals surface area contributed by atoms with Crippen molar-refractivity contribution in [2.75, 3.05) is 23.3 Å². The zero-order valence-electron chi connectivity index (χ0n) is 12.0. The number of benzene rings is 1. The minimum absolute atomic E-state index is 0.630. The maximum atomic E-state index is 8.95. The van der Waals surface area contributed by atoms with Crippen LogP contribution < -0.4 is 10.2 Å². The summed E-state index contributed by atoms with van der Waals surface area (Å²) in [6.45, 7) is 4.01. The number of nitrogens with zero attached hydrogens (tertiary/aromatic N) is 4. The van der Waals surface area contributed by atoms with Gasteiger partial charge in [0.05, 0.1) is 11.6 Å². The Balaban J connectivity index is 1.86. The van der Waals surface area contributed by atoms with Crippen molar-refractivity contribution in [2.24, 2.45) is 0 Å². The van der Waals surface area contributed by atoms with Crippen molar-refractivity contribution in [1.29, 1.82) is 5.26 Å². The lowest BCUT2D eigenvalue weighted by Gasteiger charge is -2.17. The summed E-state index contributed by atoms with van der Waals surface area (Å²) in [5.41, 5.74) is 2.43. The molecule has 0 bridgehead atoms. The van der Waals surface area contributed by atoms with E-state index < -0.39 is 0 Å². The smallest absolute Gasteiger partial charge is 0.227 e. The average Bonchev–Trinajstić information content (AvgIpc) is 3.01. The first-order valence-electron chi connectivity index (χ1n) is 7.12. The molecule has 0 spiro atoms. The summed E-state index contributed by atoms with van der Waals surface area (Å²) in [7, 11) is 0. The maximum absolute atomic E-state index is 8.95. The Morgan fingerprint density at radius 3 is 2.76 bits per heavy atom. The quantitative estimate of drug-likeness (QED) is 0.935. The average molecular weight is 279 g/mol. The molecule has 2 aromatic rings. The van der Waals surface area contributed by atoms with E-state index in [0.717, 1.165) is 36.2 Å². The number of rotatable bonds is 3. The van der Waals surface area contributed by atoms with Gasteiger partial charge in [0.2, 0.25) is 5.95 Å². The molecule has 3 rings (SSSR count). The first-order chi connectivity index (χ1) is 10.2. The highest BCUT2D eigenvalue weighted by molar-refractivity contribution is 5.59. The molecule has 1 N–H and O–H groups in total. The molecule has 21 heavy (non-hydrogen) atoms. The van der Waals surface area contributed by atoms with E-state index in [1.165, 1.54) is 12.8 Å². The molecule has 2 heterocycles. The van der Waals surface area contributed by atoms with Gasteiger partial charge in [-0.1, -0.05) is 6.07 Å². The summed E-state index contributed by atoms with van der Waals surface area (Å²) >= 11 is 0. The number of aryl methyl sites for hydroxylation is 1. The van der Waals surface area contributed by atoms with Crippen molar-refractivity contribution >= 4 is 17.5 Å². The highest BCUT2D eigenvalue weighted by atomic mass is 15.3. The molecule has 0 saturated carbocycles. The van der Waals surface area contributed by atoms with Crippen molar-refractivity contribution in [1.82, 2.24) is 9.97 Å². The van der Waals surface area contributed by atoms with Crippen LogP contribution in [0.2, 0.25) is 0 Å². The molecule has 5 heteroatoms. The SMILES string of the molecule is Cc1cc(Nc2cccc(C#N)c2)nc(N2CCCC2)n1. The van der Waals surface area contributed by atoms with E-state index in [-0.39, 0.29) is 0 Å². The molecule has 5 nitrogen and oxygen atoms in total. The molecule has 1 aliphatic rings. The summed E-state index contributed by atoms with van der Waals surface area (Å²) in [6, 6.07) is 11.4. The normalized spacial score (nSPS) is 14.0. The number of hydrogen-bond acceptors (Lipinski definition) is 5. The third-order valence-electron chi connectivity index (χ3n) is 3.50. The molecule has 0 amide bonds. The number of nitrogens with one attached hydrogen (secondary N) is 1. The zero-order valence-corrected chi connectivity index (χ0v) is 12.0. The topological polar surface area (TPSA) is 64.8 Å². The van der Waals surface area contributed by atoms with Crippen LogP contribution in [0.3, 0.4) is 0 Å². The first kappa shape index (κ1) is 13.4. The lowest BCUT2D eigenvalue weighted by atomic mass is 10.2. The molecule has 0 aliphatic carbocycles. The van der Waals surface area contributed by atoms with E-state index in [4.69, 9.17) is 5.26 Å². The van der Waals surface area contributed by atoms with Crippen molar-refractivity contribution in [3.8, 4) is 6.07 Å². The first-order valence-corrected chi connectivity index (χ1v) is 7.12. The largest absolute Gasteiger partial charge is 0.341 e. The van der Waals surface area contributed by atoms with Gasteiger partial charge in [0, 0.05) is 30.5 Å². The van der Waals surface area contributed by atoms with Gasteiger partial charge in [-0.3, -0.25) is 0 Å². The van der Waals surface area contributed by atoms with Crippen LogP contribution in [-0.4, -0.2) is 23.1 Å². The lowest BCUT2D eigenvalue weighted by Crippen LogP contribution is -2.21. The minimum Gasteiger partial charge on any atom is -0.341 e. The molecule has 106 valence electrons. The predicted molar refractivity (Wildman–Crippen MR) is 82.7 cm³/mol. The maximum Gasteiger partial charge on any atom is 0.227 e. The fourth-order valence-corrected chi connectivity index (χ4v) is 2.49. The molecule has 1 saturated heterocycles. The van der Waals surface area contributed by atoms with E-state index in [9.17, 15) is 0 Å². The van der Waals surface area contributed by atoms with Crippen LogP contribution in [-0.2, 0) is 0 Å². The van der Waals surface area contributed by atoms with Gasteiger partial charge >= 0.3 is 0 Å². The van der Waals surface area contributed by atoms with Gasteiger partial charge in [-0.15, -0.1) is 0 Å². The number of nitriles is 1. The van der Waals surface area contributed by atoms with Crippen LogP contribution in [0.15, 0.2) is 30.3 Å². The Hall–Kier alpha value is -2.61. The Bertz CT molecular complexity index is 683. The van der Waals surface area contributed by atoms with Gasteiger partial charge in [0.25, 0.3) is 0 Å². The monoisotopic (exact) mass is 279 g/mol. The predicted octanol–water partition coefficient (Wildman–Crippen LogP) is 3.00. The van der Waals surface area contributed by atoms with Crippen molar-refractivity contribution in [2.45, 2.75) is 19.8 Å². The number of hydrogen-bond donors (Lipinski definition) is 1. The molecular formula is C16H17N5. The summed E-state index contributed by atoms with van der Waals surface area (Å²) in [4.78, 5) is 11.3. The van der Waals surface area contributed by atoms with Gasteiger partial charge in [0.1, 0.15) is 5.82 Å². The second-order valence-electron chi connectivity index (χ2n) is 5.21. The standard InChI is InChI=1S/C16H17N5/c1-12-9-15(19-14-6-4-5-13(10-14)11-17)20-16(18-12)21-7-2-3-8-21/h4-6,9-10H,2-3,7-8H2,1H3,(H,18,19,20). The van der Waals surface area contributed by atoms with E-state index in [2.05, 4.69) is 26.3 Å². The minimum atomic E-state index is 0.630. The second-order valence-corrected chi connectivity index (χ2v) is 5.21. The fraction of sp³-hybridized carbons (Fsp3) is 0.312. The molecule has 1 aromatic carbocycles. The van der Waals surface area contributed by atoms with Crippen LogP contribution in [0.5, 0.6) is 0 Å². The van der Waals surface area contributed by atoms with E-state index in [1.54, 1.807) is 6.07 Å². The van der Waals surface area contributed by atoms with Crippen LogP contribution >= 0.6 is 0 Å². The molecule has 0 unspecified atom stereocenters. The highest BCUT2D eigenvalue weighted by Gasteiger charge is 2.15. The molecule has 0 atom stereocenters. The second kappa shape index (κ2) is 5.80. The van der Waals surface area contributed by atoms with E-state index in [1.807, 2.05) is 31.2 Å². The highest BCUT2D eigenvalue weighted by Crippen LogP contribution is 2.21. The molecule has 1 fully saturated rings. The van der Waals surface area contributed by atoms with Crippen molar-refractivity contribution in [3.05, 3.63) is 41.6 Å². The summed E-state index contributed by atoms with van der Waals surface area (Å²) in [5, 5.41) is 12.2. The zero-order chi connectivity index (χ0) is 14.7. The van der Waals surface area contributed by atoms with Crippen LogP contribution in [0.4, 0.5) is 17.5 Å². The molecular weight excluding hydrogens is 262 g/mol. The van der Waals surface area contributed by atoms with E-state index >= 15 is 0 Å². The Labute approximate surface area is 124 Å². The third kappa shape index (κ3) is 3.11. The van der Waals surface area contributed by atoms with Crippen LogP contribution in [0, 0.1) is 18.3 Å². The van der Waals surface area contributed by atoms with Gasteiger partial charge in [0.15, 0.2) is 0 Å². The van der Waals surface area contributed by atoms with Crippen LogP contribution in [0.1, 0.15) is 24.1 Å². The van der Waals surface area contributed by atoms with Gasteiger partial charge < -0.3 is 10.2 Å². The molecule has 1 aliphatic heterocycles. The number of anilines is 3. The molecule has 0 radical (unpaired) electrons. The Kier molecular flexibility index (Phi) is 3.69. The number of aromatic nitrogens is 2. The van der Waals surface area contributed by atoms with E-state index in [0.29, 0.717) is 5.56 Å². The fourth-order valence-electron chi connectivity index (χ4n) is 2.49. The Morgan fingerprint density at radius 1 is 1.19 bits per heavy atom. The summed E-state index contributed by atoms with van der Waals surface area (Å²) in [6.07, 6.45) is 2.40. The molecule has 1 aromatic heterocycles. The van der Waals surface area contributed by atoms with Crippen molar-refractivity contribution in [3.63, 3.8) is 0 Å². The summed E-state index contributed by atoms with van der Waals surface area (Å²) < 4.78 is 0. The summed E-state index contributed by atoms with van der Waals surface area (Å²) in [5.74, 6) is 1.55.